The molecule has 0 amide bonds. The van der Waals surface area contributed by atoms with Gasteiger partial charge in [0.05, 0.1) is 0 Å². The van der Waals surface area contributed by atoms with Gasteiger partial charge < -0.3 is 14.2 Å². The molecule has 0 aromatic carbocycles. The first-order valence-electron chi connectivity index (χ1n) is 29.9. The van der Waals surface area contributed by atoms with Crippen LogP contribution in [0, 0.1) is 0 Å². The number of rotatable bonds is 53. The van der Waals surface area contributed by atoms with Gasteiger partial charge in [-0.2, -0.15) is 0 Å². The summed E-state index contributed by atoms with van der Waals surface area (Å²) in [6.07, 6.45) is 80.8. The first kappa shape index (κ1) is 68.1. The van der Waals surface area contributed by atoms with Crippen LogP contribution >= 0.6 is 0 Å². The number of unbranched alkanes of at least 4 members (excludes halogenated alkanes) is 24. The van der Waals surface area contributed by atoms with Gasteiger partial charge in [0.2, 0.25) is 0 Å². The normalized spacial score (nSPS) is 12.9. The molecular formula is C66H110O6. The van der Waals surface area contributed by atoms with Gasteiger partial charge in [0.15, 0.2) is 6.10 Å². The maximum atomic E-state index is 12.9. The van der Waals surface area contributed by atoms with Crippen molar-refractivity contribution in [3.05, 3.63) is 109 Å². The van der Waals surface area contributed by atoms with Gasteiger partial charge in [-0.05, 0) is 128 Å². The van der Waals surface area contributed by atoms with Crippen LogP contribution in [0.5, 0.6) is 0 Å². The van der Waals surface area contributed by atoms with Crippen LogP contribution in [-0.4, -0.2) is 37.2 Å². The van der Waals surface area contributed by atoms with Crippen molar-refractivity contribution < 1.29 is 28.6 Å². The second-order valence-corrected chi connectivity index (χ2v) is 19.5. The topological polar surface area (TPSA) is 78.9 Å². The third kappa shape index (κ3) is 57.0. The fraction of sp³-hybridized carbons (Fsp3) is 0.682. The zero-order chi connectivity index (χ0) is 52.2. The summed E-state index contributed by atoms with van der Waals surface area (Å²) in [6, 6.07) is 0. The summed E-state index contributed by atoms with van der Waals surface area (Å²) in [5.41, 5.74) is 0. The van der Waals surface area contributed by atoms with E-state index in [0.29, 0.717) is 19.3 Å². The van der Waals surface area contributed by atoms with Crippen molar-refractivity contribution in [1.29, 1.82) is 0 Å². The lowest BCUT2D eigenvalue weighted by Crippen LogP contribution is -2.30. The Morgan fingerprint density at radius 3 is 0.889 bits per heavy atom. The van der Waals surface area contributed by atoms with Crippen molar-refractivity contribution in [2.75, 3.05) is 13.2 Å². The molecule has 0 fully saturated rings. The lowest BCUT2D eigenvalue weighted by atomic mass is 10.1. The van der Waals surface area contributed by atoms with Gasteiger partial charge in [-0.15, -0.1) is 0 Å². The number of hydrogen-bond acceptors (Lipinski definition) is 6. The highest BCUT2D eigenvalue weighted by atomic mass is 16.6. The Morgan fingerprint density at radius 2 is 0.542 bits per heavy atom. The Balaban J connectivity index is 4.47. The van der Waals surface area contributed by atoms with Crippen LogP contribution in [0.1, 0.15) is 271 Å². The molecule has 0 heterocycles. The first-order chi connectivity index (χ1) is 35.5. The van der Waals surface area contributed by atoms with Crippen LogP contribution in [0.4, 0.5) is 0 Å². The summed E-state index contributed by atoms with van der Waals surface area (Å²) in [6.45, 7) is 6.45. The summed E-state index contributed by atoms with van der Waals surface area (Å²) in [5, 5.41) is 0. The third-order valence-corrected chi connectivity index (χ3v) is 12.5. The fourth-order valence-corrected chi connectivity index (χ4v) is 8.00. The molecule has 0 aromatic heterocycles. The predicted molar refractivity (Wildman–Crippen MR) is 311 cm³/mol. The SMILES string of the molecule is CC/C=C\C/C=C\C/C=C\C/C=C\CCCCC(=O)OCC(COC(=O)CCCCCCCC/C=C\C/C=C\C/C=C\CCCCCCC)OC(=O)CCCCCCCCC/C=C\C/C=C\CCCCCC. The maximum Gasteiger partial charge on any atom is 0.306 e. The molecule has 0 saturated heterocycles. The van der Waals surface area contributed by atoms with E-state index in [4.69, 9.17) is 14.2 Å². The molecule has 0 N–H and O–H groups in total. The van der Waals surface area contributed by atoms with E-state index >= 15 is 0 Å². The molecular weight excluding hydrogens is 889 g/mol. The lowest BCUT2D eigenvalue weighted by molar-refractivity contribution is -0.167. The van der Waals surface area contributed by atoms with Gasteiger partial charge >= 0.3 is 17.9 Å². The van der Waals surface area contributed by atoms with Crippen LogP contribution in [0.25, 0.3) is 0 Å². The summed E-state index contributed by atoms with van der Waals surface area (Å²) in [4.78, 5) is 38.2. The van der Waals surface area contributed by atoms with Crippen molar-refractivity contribution in [2.45, 2.75) is 277 Å². The summed E-state index contributed by atoms with van der Waals surface area (Å²) < 4.78 is 16.8. The third-order valence-electron chi connectivity index (χ3n) is 12.5. The number of allylic oxidation sites excluding steroid dienone is 18. The number of ether oxygens (including phenoxy) is 3. The summed E-state index contributed by atoms with van der Waals surface area (Å²) in [5.74, 6) is -0.963. The molecule has 0 aromatic rings. The van der Waals surface area contributed by atoms with Crippen molar-refractivity contribution in [1.82, 2.24) is 0 Å². The number of carbonyl (C=O) groups excluding carboxylic acids is 3. The number of hydrogen-bond donors (Lipinski definition) is 0. The zero-order valence-electron chi connectivity index (χ0n) is 46.9. The van der Waals surface area contributed by atoms with Crippen molar-refractivity contribution in [3.8, 4) is 0 Å². The predicted octanol–water partition coefficient (Wildman–Crippen LogP) is 20.3. The van der Waals surface area contributed by atoms with E-state index in [1.807, 2.05) is 0 Å². The Labute approximate surface area is 444 Å². The molecule has 1 unspecified atom stereocenters. The summed E-state index contributed by atoms with van der Waals surface area (Å²) in [7, 11) is 0. The van der Waals surface area contributed by atoms with E-state index in [0.717, 1.165) is 122 Å². The van der Waals surface area contributed by atoms with Crippen LogP contribution in [-0.2, 0) is 28.6 Å². The van der Waals surface area contributed by atoms with E-state index in [2.05, 4.69) is 130 Å². The molecule has 0 saturated carbocycles. The summed E-state index contributed by atoms with van der Waals surface area (Å²) >= 11 is 0. The monoisotopic (exact) mass is 999 g/mol. The average Bonchev–Trinajstić information content (AvgIpc) is 3.38. The van der Waals surface area contributed by atoms with Crippen LogP contribution in [0.15, 0.2) is 109 Å². The van der Waals surface area contributed by atoms with Gasteiger partial charge in [-0.25, -0.2) is 0 Å². The van der Waals surface area contributed by atoms with E-state index in [9.17, 15) is 14.4 Å². The van der Waals surface area contributed by atoms with Crippen molar-refractivity contribution >= 4 is 17.9 Å². The highest BCUT2D eigenvalue weighted by molar-refractivity contribution is 5.71. The van der Waals surface area contributed by atoms with Gasteiger partial charge in [0, 0.05) is 19.3 Å². The molecule has 410 valence electrons. The quantitative estimate of drug-likeness (QED) is 0.0261. The molecule has 0 aliphatic heterocycles. The van der Waals surface area contributed by atoms with Gasteiger partial charge in [0.25, 0.3) is 0 Å². The highest BCUT2D eigenvalue weighted by Gasteiger charge is 2.19. The molecule has 0 aliphatic carbocycles. The molecule has 0 radical (unpaired) electrons. The fourth-order valence-electron chi connectivity index (χ4n) is 8.00. The first-order valence-corrected chi connectivity index (χ1v) is 29.9. The van der Waals surface area contributed by atoms with Gasteiger partial charge in [-0.1, -0.05) is 233 Å². The highest BCUT2D eigenvalue weighted by Crippen LogP contribution is 2.14. The maximum absolute atomic E-state index is 12.9. The second kappa shape index (κ2) is 59.6. The molecule has 72 heavy (non-hydrogen) atoms. The van der Waals surface area contributed by atoms with E-state index in [1.165, 1.54) is 109 Å². The lowest BCUT2D eigenvalue weighted by Gasteiger charge is -2.18. The Kier molecular flexibility index (Phi) is 56.4. The Morgan fingerprint density at radius 1 is 0.292 bits per heavy atom. The van der Waals surface area contributed by atoms with Gasteiger partial charge in [-0.3, -0.25) is 14.4 Å². The second-order valence-electron chi connectivity index (χ2n) is 19.5. The molecule has 1 atom stereocenters. The average molecular weight is 1000 g/mol. The minimum absolute atomic E-state index is 0.103. The molecule has 6 heteroatoms. The molecule has 0 spiro atoms. The molecule has 0 aliphatic rings. The minimum atomic E-state index is -0.808. The van der Waals surface area contributed by atoms with Crippen LogP contribution < -0.4 is 0 Å². The van der Waals surface area contributed by atoms with Crippen LogP contribution in [0.2, 0.25) is 0 Å². The smallest absolute Gasteiger partial charge is 0.306 e. The van der Waals surface area contributed by atoms with Crippen molar-refractivity contribution in [2.24, 2.45) is 0 Å². The van der Waals surface area contributed by atoms with Crippen LogP contribution in [0.3, 0.4) is 0 Å². The van der Waals surface area contributed by atoms with Gasteiger partial charge in [0.1, 0.15) is 13.2 Å². The standard InChI is InChI=1S/C66H110O6/c1-4-7-10-13-16-19-22-25-28-30-32-33-34-36-38-41-44-47-50-53-56-59-65(68)71-62-63(61-70-64(67)58-55-52-49-46-43-40-37-27-24-21-18-15-12-9-6-3)72-66(69)60-57-54-51-48-45-42-39-35-31-29-26-23-20-17-14-11-8-5-2/h9,12,18,20-23,25,27,29-32,34,36-37,43,46,63H,4-8,10-11,13-17,19,24,26,28,33,35,38-42,44-45,47-62H2,1-3H3/b12-9-,21-18-,23-20-,25-22-,31-29-,32-30-,36-34-,37-27-,46-43-. The van der Waals surface area contributed by atoms with Crippen molar-refractivity contribution in [3.63, 3.8) is 0 Å². The molecule has 6 nitrogen and oxygen atoms in total. The number of carbonyl (C=O) groups is 3. The Bertz CT molecular complexity index is 1470. The molecule has 0 bridgehead atoms. The van der Waals surface area contributed by atoms with E-state index in [1.54, 1.807) is 0 Å². The molecule has 0 rings (SSSR count). The van der Waals surface area contributed by atoms with E-state index in [-0.39, 0.29) is 31.1 Å². The minimum Gasteiger partial charge on any atom is -0.462 e. The van der Waals surface area contributed by atoms with E-state index < -0.39 is 6.10 Å². The zero-order valence-corrected chi connectivity index (χ0v) is 46.9. The largest absolute Gasteiger partial charge is 0.462 e. The Hall–Kier alpha value is -3.93. The number of esters is 3.